The van der Waals surface area contributed by atoms with Crippen LogP contribution in [-0.4, -0.2) is 26.1 Å². The van der Waals surface area contributed by atoms with E-state index in [1.54, 1.807) is 6.33 Å². The first-order valence-corrected chi connectivity index (χ1v) is 8.04. The number of nitrogens with zero attached hydrogens (tertiary/aromatic N) is 4. The standard InChI is InChI=1S/C17H22N6/c1-2-3-7-10-19-17-21-15(18)14-16(22-17)23(12-20-14)11-13-8-5-4-6-9-13/h4-6,8-9,12H,2-3,7,10-11H2,1H3,(H3,18,19,21,22). The number of hydrogen-bond acceptors (Lipinski definition) is 5. The van der Waals surface area contributed by atoms with Gasteiger partial charge in [0.05, 0.1) is 12.9 Å². The summed E-state index contributed by atoms with van der Waals surface area (Å²) in [6, 6.07) is 10.2. The van der Waals surface area contributed by atoms with Crippen molar-refractivity contribution < 1.29 is 0 Å². The molecule has 6 nitrogen and oxygen atoms in total. The van der Waals surface area contributed by atoms with E-state index in [4.69, 9.17) is 5.73 Å². The fraction of sp³-hybridized carbons (Fsp3) is 0.353. The van der Waals surface area contributed by atoms with Crippen LogP contribution in [0.4, 0.5) is 11.8 Å². The highest BCUT2D eigenvalue weighted by Gasteiger charge is 2.11. The maximum Gasteiger partial charge on any atom is 0.226 e. The number of imidazole rings is 1. The van der Waals surface area contributed by atoms with Crippen molar-refractivity contribution in [3.05, 3.63) is 42.2 Å². The van der Waals surface area contributed by atoms with Gasteiger partial charge in [0.15, 0.2) is 11.5 Å². The molecule has 0 aliphatic rings. The summed E-state index contributed by atoms with van der Waals surface area (Å²) in [7, 11) is 0. The van der Waals surface area contributed by atoms with Crippen molar-refractivity contribution >= 4 is 22.9 Å². The van der Waals surface area contributed by atoms with Gasteiger partial charge in [-0.2, -0.15) is 9.97 Å². The van der Waals surface area contributed by atoms with Crippen LogP contribution in [0, 0.1) is 0 Å². The third-order valence-corrected chi connectivity index (χ3v) is 3.75. The predicted octanol–water partition coefficient (Wildman–Crippen LogP) is 3.06. The number of aromatic nitrogens is 4. The summed E-state index contributed by atoms with van der Waals surface area (Å²) in [6.45, 7) is 3.75. The monoisotopic (exact) mass is 310 g/mol. The summed E-state index contributed by atoms with van der Waals surface area (Å²) in [4.78, 5) is 13.2. The lowest BCUT2D eigenvalue weighted by Gasteiger charge is -2.07. The van der Waals surface area contributed by atoms with Gasteiger partial charge in [0, 0.05) is 6.54 Å². The maximum absolute atomic E-state index is 6.03. The highest BCUT2D eigenvalue weighted by atomic mass is 15.2. The second-order valence-electron chi connectivity index (χ2n) is 5.60. The van der Waals surface area contributed by atoms with E-state index in [1.165, 1.54) is 18.4 Å². The lowest BCUT2D eigenvalue weighted by atomic mass is 10.2. The van der Waals surface area contributed by atoms with Crippen LogP contribution in [0.3, 0.4) is 0 Å². The van der Waals surface area contributed by atoms with Crippen molar-refractivity contribution in [1.82, 2.24) is 19.5 Å². The minimum absolute atomic E-state index is 0.416. The van der Waals surface area contributed by atoms with Gasteiger partial charge < -0.3 is 15.6 Å². The second kappa shape index (κ2) is 7.09. The van der Waals surface area contributed by atoms with E-state index >= 15 is 0 Å². The number of rotatable bonds is 7. The molecule has 3 aromatic rings. The Morgan fingerprint density at radius 2 is 1.96 bits per heavy atom. The van der Waals surface area contributed by atoms with Gasteiger partial charge in [-0.05, 0) is 12.0 Å². The van der Waals surface area contributed by atoms with Crippen molar-refractivity contribution in [1.29, 1.82) is 0 Å². The average molecular weight is 310 g/mol. The first-order valence-electron chi connectivity index (χ1n) is 8.04. The maximum atomic E-state index is 6.03. The quantitative estimate of drug-likeness (QED) is 0.655. The third-order valence-electron chi connectivity index (χ3n) is 3.75. The van der Waals surface area contributed by atoms with E-state index in [0.717, 1.165) is 18.6 Å². The van der Waals surface area contributed by atoms with Gasteiger partial charge in [-0.25, -0.2) is 4.98 Å². The van der Waals surface area contributed by atoms with Gasteiger partial charge in [-0.1, -0.05) is 50.1 Å². The molecular weight excluding hydrogens is 288 g/mol. The van der Waals surface area contributed by atoms with Crippen molar-refractivity contribution in [2.24, 2.45) is 0 Å². The molecule has 23 heavy (non-hydrogen) atoms. The van der Waals surface area contributed by atoms with E-state index < -0.39 is 0 Å². The molecule has 0 bridgehead atoms. The van der Waals surface area contributed by atoms with Crippen LogP contribution >= 0.6 is 0 Å². The zero-order valence-electron chi connectivity index (χ0n) is 13.4. The fourth-order valence-electron chi connectivity index (χ4n) is 2.52. The SMILES string of the molecule is CCCCCNc1nc(N)c2ncn(Cc3ccccc3)c2n1. The summed E-state index contributed by atoms with van der Waals surface area (Å²) in [5, 5.41) is 3.25. The Hall–Kier alpha value is -2.63. The predicted molar refractivity (Wildman–Crippen MR) is 93.3 cm³/mol. The molecule has 0 aliphatic carbocycles. The van der Waals surface area contributed by atoms with Crippen molar-refractivity contribution in [3.8, 4) is 0 Å². The number of hydrogen-bond donors (Lipinski definition) is 2. The highest BCUT2D eigenvalue weighted by molar-refractivity contribution is 5.82. The number of unbranched alkanes of at least 4 members (excludes halogenated alkanes) is 2. The van der Waals surface area contributed by atoms with Crippen molar-refractivity contribution in [2.45, 2.75) is 32.7 Å². The van der Waals surface area contributed by atoms with E-state index in [1.807, 2.05) is 22.8 Å². The average Bonchev–Trinajstić information content (AvgIpc) is 2.96. The molecule has 1 aromatic carbocycles. The Labute approximate surface area is 135 Å². The van der Waals surface area contributed by atoms with Gasteiger partial charge in [-0.3, -0.25) is 0 Å². The molecular formula is C17H22N6. The zero-order chi connectivity index (χ0) is 16.1. The van der Waals surface area contributed by atoms with Gasteiger partial charge >= 0.3 is 0 Å². The number of nitrogens with one attached hydrogen (secondary N) is 1. The first-order chi connectivity index (χ1) is 11.3. The van der Waals surface area contributed by atoms with Crippen LogP contribution < -0.4 is 11.1 Å². The smallest absolute Gasteiger partial charge is 0.226 e. The van der Waals surface area contributed by atoms with Crippen LogP contribution in [0.1, 0.15) is 31.7 Å². The van der Waals surface area contributed by atoms with Gasteiger partial charge in [-0.15, -0.1) is 0 Å². The van der Waals surface area contributed by atoms with Crippen molar-refractivity contribution in [2.75, 3.05) is 17.6 Å². The summed E-state index contributed by atoms with van der Waals surface area (Å²) in [6.07, 6.45) is 5.24. The number of fused-ring (bicyclic) bond motifs is 1. The third kappa shape index (κ3) is 3.59. The molecule has 2 aromatic heterocycles. The van der Waals surface area contributed by atoms with E-state index in [0.29, 0.717) is 23.8 Å². The number of anilines is 2. The van der Waals surface area contributed by atoms with E-state index in [2.05, 4.69) is 39.3 Å². The van der Waals surface area contributed by atoms with Gasteiger partial charge in [0.25, 0.3) is 0 Å². The Morgan fingerprint density at radius 1 is 1.13 bits per heavy atom. The summed E-state index contributed by atoms with van der Waals surface area (Å²) in [5.41, 5.74) is 8.64. The van der Waals surface area contributed by atoms with Crippen LogP contribution in [0.25, 0.3) is 11.2 Å². The topological polar surface area (TPSA) is 81.6 Å². The highest BCUT2D eigenvalue weighted by Crippen LogP contribution is 2.19. The Morgan fingerprint density at radius 3 is 2.74 bits per heavy atom. The molecule has 3 rings (SSSR count). The number of benzene rings is 1. The molecule has 3 N–H and O–H groups in total. The van der Waals surface area contributed by atoms with Crippen LogP contribution in [0.5, 0.6) is 0 Å². The molecule has 2 heterocycles. The lowest BCUT2D eigenvalue weighted by molar-refractivity contribution is 0.740. The molecule has 0 saturated heterocycles. The molecule has 0 aliphatic heterocycles. The van der Waals surface area contributed by atoms with E-state index in [-0.39, 0.29) is 0 Å². The second-order valence-corrected chi connectivity index (χ2v) is 5.60. The first kappa shape index (κ1) is 15.3. The minimum Gasteiger partial charge on any atom is -0.382 e. The molecule has 0 fully saturated rings. The number of nitrogens with two attached hydrogens (primary N) is 1. The summed E-state index contributed by atoms with van der Waals surface area (Å²) < 4.78 is 2.00. The van der Waals surface area contributed by atoms with Crippen LogP contribution in [0.2, 0.25) is 0 Å². The molecule has 0 radical (unpaired) electrons. The molecule has 120 valence electrons. The zero-order valence-corrected chi connectivity index (χ0v) is 13.4. The van der Waals surface area contributed by atoms with Crippen LogP contribution in [0.15, 0.2) is 36.7 Å². The molecule has 0 spiro atoms. The Balaban J connectivity index is 1.83. The number of nitrogen functional groups attached to an aromatic ring is 1. The fourth-order valence-corrected chi connectivity index (χ4v) is 2.52. The summed E-state index contributed by atoms with van der Waals surface area (Å²) >= 11 is 0. The molecule has 6 heteroatoms. The normalized spacial score (nSPS) is 11.0. The Kier molecular flexibility index (Phi) is 4.71. The summed E-state index contributed by atoms with van der Waals surface area (Å²) in [5.74, 6) is 0.987. The molecule has 0 saturated carbocycles. The van der Waals surface area contributed by atoms with Crippen molar-refractivity contribution in [3.63, 3.8) is 0 Å². The lowest BCUT2D eigenvalue weighted by Crippen LogP contribution is -2.08. The molecule has 0 amide bonds. The minimum atomic E-state index is 0.416. The van der Waals surface area contributed by atoms with Gasteiger partial charge in [0.1, 0.15) is 5.52 Å². The molecule has 0 unspecified atom stereocenters. The molecule has 0 atom stereocenters. The largest absolute Gasteiger partial charge is 0.382 e. The Bertz CT molecular complexity index is 765. The van der Waals surface area contributed by atoms with Crippen LogP contribution in [-0.2, 0) is 6.54 Å². The van der Waals surface area contributed by atoms with E-state index in [9.17, 15) is 0 Å². The van der Waals surface area contributed by atoms with Gasteiger partial charge in [0.2, 0.25) is 5.95 Å².